The fourth-order valence-electron chi connectivity index (χ4n) is 4.18. The van der Waals surface area contributed by atoms with Gasteiger partial charge in [-0.15, -0.1) is 4.68 Å². The molecule has 4 rings (SSSR count). The van der Waals surface area contributed by atoms with Gasteiger partial charge in [0, 0.05) is 21.1 Å². The molecule has 3 N–H and O–H groups in total. The standard InChI is InChI=1S/C31H36N4O5S/c1-18(2)26-25(27(36)35(33-26)29(38)40-31(6,7)8)23-17-24(41-20-15-13-19(32)14-16-20)21-11-9-10-12-22(21)34(23)28(37)39-30(3,4)5/h9-17,33H,32H2,1-8H3. The predicted octanol–water partition coefficient (Wildman–Crippen LogP) is 5.43. The zero-order valence-corrected chi connectivity index (χ0v) is 25.4. The molecule has 0 atom stereocenters. The molecule has 3 aromatic rings. The van der Waals surface area contributed by atoms with E-state index in [-0.39, 0.29) is 10.9 Å². The third kappa shape index (κ3) is 6.59. The van der Waals surface area contributed by atoms with E-state index in [0.717, 1.165) is 25.6 Å². The van der Waals surface area contributed by atoms with Crippen LogP contribution < -0.4 is 26.8 Å². The van der Waals surface area contributed by atoms with Crippen molar-refractivity contribution in [2.45, 2.75) is 71.5 Å². The van der Waals surface area contributed by atoms with Crippen LogP contribution >= 0.6 is 11.8 Å². The van der Waals surface area contributed by atoms with E-state index in [1.807, 2.05) is 56.3 Å². The van der Waals surface area contributed by atoms with Gasteiger partial charge < -0.3 is 15.2 Å². The summed E-state index contributed by atoms with van der Waals surface area (Å²) >= 11 is 1.47. The number of amides is 1. The van der Waals surface area contributed by atoms with Gasteiger partial charge in [-0.3, -0.25) is 9.89 Å². The lowest BCUT2D eigenvalue weighted by atomic mass is 10.0. The number of nitrogens with two attached hydrogens (primary N) is 1. The van der Waals surface area contributed by atoms with E-state index in [9.17, 15) is 14.4 Å². The van der Waals surface area contributed by atoms with Gasteiger partial charge in [0.2, 0.25) is 0 Å². The molecule has 0 unspecified atom stereocenters. The highest BCUT2D eigenvalue weighted by atomic mass is 32.2. The summed E-state index contributed by atoms with van der Waals surface area (Å²) in [5, 5.41) is 3.46. The van der Waals surface area contributed by atoms with E-state index < -0.39 is 28.9 Å². The first-order chi connectivity index (χ1) is 19.1. The van der Waals surface area contributed by atoms with E-state index in [0.29, 0.717) is 16.7 Å². The highest BCUT2D eigenvalue weighted by Gasteiger charge is 2.33. The van der Waals surface area contributed by atoms with Gasteiger partial charge in [-0.1, -0.05) is 35.5 Å². The van der Waals surface area contributed by atoms with Gasteiger partial charge in [-0.05, 0) is 91.8 Å². The van der Waals surface area contributed by atoms with Gasteiger partial charge in [0.05, 0.1) is 22.0 Å². The lowest BCUT2D eigenvalue weighted by Crippen LogP contribution is -2.46. The number of nitrogen functional groups attached to an aromatic ring is 1. The molecule has 216 valence electrons. The van der Waals surface area contributed by atoms with E-state index >= 15 is 0 Å². The van der Waals surface area contributed by atoms with Crippen LogP contribution in [0.5, 0.6) is 0 Å². The van der Waals surface area contributed by atoms with Crippen LogP contribution in [0.2, 0.25) is 0 Å². The number of carbonyl (C=O) groups is 2. The number of rotatable bonds is 2. The Morgan fingerprint density at radius 1 is 0.878 bits per heavy atom. The maximum atomic E-state index is 14.0. The molecule has 0 saturated carbocycles. The summed E-state index contributed by atoms with van der Waals surface area (Å²) in [4.78, 5) is 43.9. The fourth-order valence-corrected chi connectivity index (χ4v) is 5.16. The van der Waals surface area contributed by atoms with Crippen LogP contribution in [-0.2, 0) is 9.47 Å². The average Bonchev–Trinajstić information content (AvgIpc) is 3.20. The first-order valence-corrected chi connectivity index (χ1v) is 14.0. The lowest BCUT2D eigenvalue weighted by Gasteiger charge is -2.32. The van der Waals surface area contributed by atoms with Crippen LogP contribution in [0, 0.1) is 0 Å². The second-order valence-electron chi connectivity index (χ2n) is 11.9. The molecule has 9 nitrogen and oxygen atoms in total. The maximum Gasteiger partial charge on any atom is 0.436 e. The fraction of sp³-hybridized carbons (Fsp3) is 0.323. The number of benzene rings is 2. The molecule has 0 bridgehead atoms. The number of thioether (sulfide) groups is 1. The van der Waals surface area contributed by atoms with Gasteiger partial charge in [0.1, 0.15) is 11.2 Å². The van der Waals surface area contributed by atoms with Crippen molar-refractivity contribution in [3.05, 3.63) is 81.1 Å². The van der Waals surface area contributed by atoms with E-state index in [1.165, 1.54) is 16.7 Å². The van der Waals surface area contributed by atoms with Crippen molar-refractivity contribution in [2.24, 2.45) is 0 Å². The summed E-state index contributed by atoms with van der Waals surface area (Å²) < 4.78 is 12.1. The summed E-state index contributed by atoms with van der Waals surface area (Å²) in [7, 11) is 0. The molecule has 1 aromatic heterocycles. The first-order valence-electron chi connectivity index (χ1n) is 13.2. The molecule has 2 aromatic carbocycles. The topological polar surface area (TPSA) is 120 Å². The highest BCUT2D eigenvalue weighted by molar-refractivity contribution is 8.08. The van der Waals surface area contributed by atoms with Gasteiger partial charge in [0.25, 0.3) is 5.56 Å². The van der Waals surface area contributed by atoms with Gasteiger partial charge in [-0.25, -0.2) is 14.5 Å². The largest absolute Gasteiger partial charge is 0.443 e. The summed E-state index contributed by atoms with van der Waals surface area (Å²) in [6, 6.07) is 14.9. The smallest absolute Gasteiger partial charge is 0.436 e. The van der Waals surface area contributed by atoms with Crippen LogP contribution in [0.4, 0.5) is 21.0 Å². The third-order valence-electron chi connectivity index (χ3n) is 5.83. The van der Waals surface area contributed by atoms with E-state index in [1.54, 1.807) is 53.7 Å². The van der Waals surface area contributed by atoms with Gasteiger partial charge >= 0.3 is 12.2 Å². The SMILES string of the molecule is CC(C)=c1[nH]n(C(=O)OC(C)(C)C)c(=O)c1=C1C=C(Sc2ccc(N)cc2)c2ccccc2N1C(=O)OC(C)(C)C. The molecule has 1 aliphatic rings. The molecule has 41 heavy (non-hydrogen) atoms. The Kier molecular flexibility index (Phi) is 8.00. The van der Waals surface area contributed by atoms with Crippen LogP contribution in [0.25, 0.3) is 16.2 Å². The Morgan fingerprint density at radius 3 is 2.05 bits per heavy atom. The number of hydrogen-bond acceptors (Lipinski definition) is 7. The quantitative estimate of drug-likeness (QED) is 0.391. The minimum atomic E-state index is -0.850. The molecule has 1 amide bonds. The second-order valence-corrected chi connectivity index (χ2v) is 13.0. The molecule has 0 spiro atoms. The number of nitrogens with zero attached hydrogens (tertiary/aromatic N) is 2. The zero-order chi connectivity index (χ0) is 30.3. The van der Waals surface area contributed by atoms with Gasteiger partial charge in [-0.2, -0.15) is 0 Å². The van der Waals surface area contributed by atoms with Crippen LogP contribution in [0.15, 0.2) is 64.3 Å². The molecular weight excluding hydrogens is 540 g/mol. The average molecular weight is 577 g/mol. The molecule has 1 aliphatic heterocycles. The Balaban J connectivity index is 2.08. The van der Waals surface area contributed by atoms with Crippen LogP contribution in [0.3, 0.4) is 0 Å². The number of para-hydroxylation sites is 1. The normalized spacial score (nSPS) is 14.7. The van der Waals surface area contributed by atoms with Crippen molar-refractivity contribution in [3.8, 4) is 0 Å². The Bertz CT molecular complexity index is 1710. The minimum Gasteiger partial charge on any atom is -0.443 e. The number of H-pyrrole nitrogens is 1. The van der Waals surface area contributed by atoms with Crippen LogP contribution in [0.1, 0.15) is 61.0 Å². The molecule has 0 saturated heterocycles. The van der Waals surface area contributed by atoms with Crippen molar-refractivity contribution in [2.75, 3.05) is 10.6 Å². The van der Waals surface area contributed by atoms with Crippen molar-refractivity contribution >= 4 is 51.5 Å². The van der Waals surface area contributed by atoms with E-state index in [2.05, 4.69) is 5.10 Å². The van der Waals surface area contributed by atoms with Crippen molar-refractivity contribution in [3.63, 3.8) is 0 Å². The Morgan fingerprint density at radius 2 is 1.46 bits per heavy atom. The minimum absolute atomic E-state index is 0.145. The number of aromatic nitrogens is 2. The maximum absolute atomic E-state index is 14.0. The summed E-state index contributed by atoms with van der Waals surface area (Å²) in [6.07, 6.45) is 0.276. The molecule has 10 heteroatoms. The Labute approximate surface area is 243 Å². The number of anilines is 2. The number of ether oxygens (including phenoxy) is 2. The van der Waals surface area contributed by atoms with Crippen molar-refractivity contribution in [1.82, 2.24) is 9.78 Å². The number of hydrogen-bond donors (Lipinski definition) is 2. The summed E-state index contributed by atoms with van der Waals surface area (Å²) in [6.45, 7) is 14.1. The van der Waals surface area contributed by atoms with Gasteiger partial charge in [0.15, 0.2) is 0 Å². The second kappa shape index (κ2) is 11.0. The van der Waals surface area contributed by atoms with Crippen molar-refractivity contribution in [1.29, 1.82) is 0 Å². The molecule has 0 radical (unpaired) electrons. The number of fused-ring (bicyclic) bond motifs is 1. The zero-order valence-electron chi connectivity index (χ0n) is 24.6. The molecular formula is C31H36N4O5S. The third-order valence-corrected chi connectivity index (χ3v) is 6.89. The molecule has 0 aliphatic carbocycles. The highest BCUT2D eigenvalue weighted by Crippen LogP contribution is 2.44. The first kappa shape index (κ1) is 29.8. The van der Waals surface area contributed by atoms with E-state index in [4.69, 9.17) is 15.2 Å². The predicted molar refractivity (Wildman–Crippen MR) is 164 cm³/mol. The Hall–Kier alpha value is -4.18. The summed E-state index contributed by atoms with van der Waals surface area (Å²) in [5.74, 6) is 0. The number of nitrogens with one attached hydrogen (secondary N) is 1. The summed E-state index contributed by atoms with van der Waals surface area (Å²) in [5.41, 5.74) is 6.60. The van der Waals surface area contributed by atoms with Crippen molar-refractivity contribution < 1.29 is 19.1 Å². The lowest BCUT2D eigenvalue weighted by molar-refractivity contribution is 0.0507. The van der Waals surface area contributed by atoms with Crippen LogP contribution in [-0.4, -0.2) is 33.2 Å². The number of carbonyl (C=O) groups excluding carboxylic acids is 2. The molecule has 2 heterocycles. The molecule has 0 fully saturated rings. The monoisotopic (exact) mass is 576 g/mol. The number of aromatic amines is 1.